The zero-order valence-electron chi connectivity index (χ0n) is 18.3. The second kappa shape index (κ2) is 8.62. The van der Waals surface area contributed by atoms with Gasteiger partial charge in [-0.15, -0.1) is 11.3 Å². The average molecular weight is 479 g/mol. The molecule has 170 valence electrons. The van der Waals surface area contributed by atoms with Gasteiger partial charge < -0.3 is 10.3 Å². The van der Waals surface area contributed by atoms with Crippen LogP contribution in [0, 0.1) is 0 Å². The first-order valence-corrected chi connectivity index (χ1v) is 11.7. The minimum absolute atomic E-state index is 0.242. The van der Waals surface area contributed by atoms with Crippen LogP contribution in [0.2, 0.25) is 0 Å². The van der Waals surface area contributed by atoms with Gasteiger partial charge in [-0.2, -0.15) is 0 Å². The van der Waals surface area contributed by atoms with Crippen LogP contribution in [0.25, 0.3) is 32.0 Å². The Morgan fingerprint density at radius 1 is 0.886 bits per heavy atom. The maximum atomic E-state index is 12.9. The van der Waals surface area contributed by atoms with Crippen LogP contribution in [0.3, 0.4) is 0 Å². The van der Waals surface area contributed by atoms with Crippen molar-refractivity contribution in [3.8, 4) is 0 Å². The number of nitrogens with zero attached hydrogens (tertiary/aromatic N) is 3. The molecule has 0 atom stereocenters. The van der Waals surface area contributed by atoms with E-state index in [1.807, 2.05) is 48.5 Å². The summed E-state index contributed by atoms with van der Waals surface area (Å²) < 4.78 is 1.08. The van der Waals surface area contributed by atoms with Crippen LogP contribution in [0.4, 0.5) is 5.95 Å². The number of aromatic amines is 1. The second-order valence-electron chi connectivity index (χ2n) is 7.92. The number of benzene rings is 3. The van der Waals surface area contributed by atoms with Crippen molar-refractivity contribution in [3.05, 3.63) is 95.3 Å². The number of amides is 2. The molecule has 2 amide bonds. The van der Waals surface area contributed by atoms with Crippen LogP contribution in [0.15, 0.2) is 79.0 Å². The highest BCUT2D eigenvalue weighted by Gasteiger charge is 2.16. The number of hydrogen-bond acceptors (Lipinski definition) is 6. The zero-order chi connectivity index (χ0) is 23.8. The van der Waals surface area contributed by atoms with Crippen LogP contribution in [0.5, 0.6) is 0 Å². The van der Waals surface area contributed by atoms with E-state index < -0.39 is 5.91 Å². The summed E-state index contributed by atoms with van der Waals surface area (Å²) in [6.45, 7) is 0.316. The first-order valence-electron chi connectivity index (χ1n) is 10.9. The van der Waals surface area contributed by atoms with Crippen molar-refractivity contribution in [2.75, 3.05) is 5.32 Å². The van der Waals surface area contributed by atoms with Crippen LogP contribution >= 0.6 is 11.3 Å². The van der Waals surface area contributed by atoms with Crippen molar-refractivity contribution >= 4 is 61.1 Å². The molecule has 3 aromatic carbocycles. The first-order chi connectivity index (χ1) is 17.1. The molecule has 0 aliphatic rings. The number of rotatable bonds is 5. The second-order valence-corrected chi connectivity index (χ2v) is 9.03. The normalized spacial score (nSPS) is 11.2. The summed E-state index contributed by atoms with van der Waals surface area (Å²) in [6, 6.07) is 22.6. The Morgan fingerprint density at radius 2 is 1.71 bits per heavy atom. The van der Waals surface area contributed by atoms with Crippen molar-refractivity contribution in [2.45, 2.75) is 6.54 Å². The Hall–Kier alpha value is -4.63. The van der Waals surface area contributed by atoms with Gasteiger partial charge in [0.15, 0.2) is 0 Å². The fourth-order valence-electron chi connectivity index (χ4n) is 3.90. The molecule has 0 bridgehead atoms. The van der Waals surface area contributed by atoms with Crippen molar-refractivity contribution in [1.82, 2.24) is 25.3 Å². The van der Waals surface area contributed by atoms with Gasteiger partial charge in [0, 0.05) is 11.6 Å². The fraction of sp³-hybridized carbons (Fsp3) is 0.0385. The highest BCUT2D eigenvalue weighted by molar-refractivity contribution is 7.18. The monoisotopic (exact) mass is 478 g/mol. The molecule has 0 aliphatic heterocycles. The number of anilines is 1. The Morgan fingerprint density at radius 3 is 2.60 bits per heavy atom. The van der Waals surface area contributed by atoms with Crippen LogP contribution in [-0.4, -0.2) is 31.8 Å². The largest absolute Gasteiger partial charge is 0.345 e. The minimum Gasteiger partial charge on any atom is -0.345 e. The van der Waals surface area contributed by atoms with Gasteiger partial charge in [-0.1, -0.05) is 42.5 Å². The van der Waals surface area contributed by atoms with E-state index in [4.69, 9.17) is 0 Å². The van der Waals surface area contributed by atoms with Gasteiger partial charge in [0.05, 0.1) is 27.8 Å². The summed E-state index contributed by atoms with van der Waals surface area (Å²) in [5.74, 6) is -0.418. The smallest absolute Gasteiger partial charge is 0.276 e. The van der Waals surface area contributed by atoms with E-state index in [-0.39, 0.29) is 17.5 Å². The summed E-state index contributed by atoms with van der Waals surface area (Å²) in [4.78, 5) is 42.0. The Kier molecular flexibility index (Phi) is 5.16. The van der Waals surface area contributed by atoms with Gasteiger partial charge in [-0.25, -0.2) is 9.97 Å². The van der Waals surface area contributed by atoms with Crippen LogP contribution < -0.4 is 10.6 Å². The molecule has 3 heterocycles. The predicted molar refractivity (Wildman–Crippen MR) is 137 cm³/mol. The Bertz CT molecular complexity index is 1710. The number of hydrogen-bond donors (Lipinski definition) is 3. The summed E-state index contributed by atoms with van der Waals surface area (Å²) in [7, 11) is 0. The maximum absolute atomic E-state index is 12.9. The molecule has 6 aromatic rings. The molecule has 0 fully saturated rings. The van der Waals surface area contributed by atoms with E-state index in [9.17, 15) is 9.59 Å². The molecule has 0 spiro atoms. The topological polar surface area (TPSA) is 113 Å². The molecule has 0 saturated carbocycles. The van der Waals surface area contributed by atoms with E-state index in [1.165, 1.54) is 0 Å². The number of nitrogens with one attached hydrogen (secondary N) is 3. The van der Waals surface area contributed by atoms with E-state index in [1.54, 1.807) is 41.8 Å². The van der Waals surface area contributed by atoms with E-state index >= 15 is 0 Å². The fourth-order valence-corrected chi connectivity index (χ4v) is 4.81. The van der Waals surface area contributed by atoms with E-state index in [0.717, 1.165) is 26.0 Å². The lowest BCUT2D eigenvalue weighted by Crippen LogP contribution is -2.23. The minimum atomic E-state index is -0.392. The highest BCUT2D eigenvalue weighted by atomic mass is 32.1. The lowest BCUT2D eigenvalue weighted by Gasteiger charge is -2.04. The number of pyridine rings is 1. The van der Waals surface area contributed by atoms with Crippen molar-refractivity contribution < 1.29 is 9.59 Å². The van der Waals surface area contributed by atoms with Gasteiger partial charge in [0.1, 0.15) is 16.2 Å². The number of imidazole rings is 1. The summed E-state index contributed by atoms with van der Waals surface area (Å²) >= 11 is 1.55. The van der Waals surface area contributed by atoms with Crippen molar-refractivity contribution in [3.63, 3.8) is 0 Å². The number of H-pyrrole nitrogens is 1. The molecule has 9 heteroatoms. The van der Waals surface area contributed by atoms with Crippen molar-refractivity contribution in [2.24, 2.45) is 0 Å². The Balaban J connectivity index is 1.21. The lowest BCUT2D eigenvalue weighted by atomic mass is 10.1. The third-order valence-corrected chi connectivity index (χ3v) is 6.63. The van der Waals surface area contributed by atoms with Crippen molar-refractivity contribution in [1.29, 1.82) is 0 Å². The van der Waals surface area contributed by atoms with Gasteiger partial charge >= 0.3 is 0 Å². The van der Waals surface area contributed by atoms with Gasteiger partial charge in [0.25, 0.3) is 11.8 Å². The summed E-state index contributed by atoms with van der Waals surface area (Å²) in [5, 5.41) is 8.36. The average Bonchev–Trinajstić information content (AvgIpc) is 3.50. The maximum Gasteiger partial charge on any atom is 0.276 e. The van der Waals surface area contributed by atoms with Gasteiger partial charge in [-0.05, 0) is 35.7 Å². The molecule has 8 nitrogen and oxygen atoms in total. The standard InChI is InChI=1S/C26H18N6O2S/c33-24(28-14-22-29-18-9-3-4-11-21(18)35-22)17-8-5-10-19-23(17)31-26(30-19)32-25(34)20-12-15-6-1-2-7-16(15)13-27-20/h1-13H,14H2,(H,28,33)(H2,30,31,32,34). The van der Waals surface area contributed by atoms with Gasteiger partial charge in [-0.3, -0.25) is 19.9 Å². The zero-order valence-corrected chi connectivity index (χ0v) is 19.1. The molecule has 0 radical (unpaired) electrons. The van der Waals surface area contributed by atoms with E-state index in [0.29, 0.717) is 23.1 Å². The van der Waals surface area contributed by atoms with E-state index in [2.05, 4.69) is 30.6 Å². The quantitative estimate of drug-likeness (QED) is 0.326. The first kappa shape index (κ1) is 20.9. The Labute approximate surface area is 203 Å². The number of thiazole rings is 1. The third kappa shape index (κ3) is 4.09. The molecule has 3 aromatic heterocycles. The number of carbonyl (C=O) groups is 2. The van der Waals surface area contributed by atoms with Crippen LogP contribution in [-0.2, 0) is 6.54 Å². The molecule has 0 saturated heterocycles. The highest BCUT2D eigenvalue weighted by Crippen LogP contribution is 2.23. The molecular formula is C26H18N6O2S. The SMILES string of the molecule is O=C(Nc1nc2c(C(=O)NCc3nc4ccccc4s3)cccc2[nH]1)c1cc2ccccc2cn1. The summed E-state index contributed by atoms with van der Waals surface area (Å²) in [6.07, 6.45) is 1.66. The lowest BCUT2D eigenvalue weighted by molar-refractivity contribution is 0.0951. The third-order valence-electron chi connectivity index (χ3n) is 5.59. The molecule has 35 heavy (non-hydrogen) atoms. The molecule has 6 rings (SSSR count). The number of para-hydroxylation sites is 2. The molecule has 3 N–H and O–H groups in total. The number of fused-ring (bicyclic) bond motifs is 3. The van der Waals surface area contributed by atoms with Crippen LogP contribution in [0.1, 0.15) is 25.9 Å². The number of aromatic nitrogens is 4. The number of carbonyl (C=O) groups excluding carboxylic acids is 2. The predicted octanol–water partition coefficient (Wildman–Crippen LogP) is 4.90. The molecule has 0 unspecified atom stereocenters. The molecule has 0 aliphatic carbocycles. The summed E-state index contributed by atoms with van der Waals surface area (Å²) in [5.41, 5.74) is 2.70. The molecular weight excluding hydrogens is 460 g/mol. The van der Waals surface area contributed by atoms with Gasteiger partial charge in [0.2, 0.25) is 5.95 Å².